The molecule has 1 saturated carbocycles. The molecule has 0 radical (unpaired) electrons. The maximum absolute atomic E-state index is 12.3. The summed E-state index contributed by atoms with van der Waals surface area (Å²) in [6.45, 7) is 6.97. The van der Waals surface area contributed by atoms with Crippen LogP contribution in [-0.2, 0) is 6.54 Å². The normalized spacial score (nSPS) is 16.9. The minimum atomic E-state index is -0.109. The molecule has 0 spiro atoms. The van der Waals surface area contributed by atoms with Gasteiger partial charge < -0.3 is 5.32 Å². The van der Waals surface area contributed by atoms with Crippen molar-refractivity contribution >= 4 is 17.3 Å². The van der Waals surface area contributed by atoms with E-state index >= 15 is 0 Å². The van der Waals surface area contributed by atoms with Crippen LogP contribution < -0.4 is 10.9 Å². The average molecular weight is 270 g/mol. The Balaban J connectivity index is 2.24. The van der Waals surface area contributed by atoms with E-state index in [-0.39, 0.29) is 11.6 Å². The molecule has 0 amide bonds. The zero-order valence-corrected chi connectivity index (χ0v) is 11.9. The third kappa shape index (κ3) is 3.05. The summed E-state index contributed by atoms with van der Waals surface area (Å²) < 4.78 is 1.53. The van der Waals surface area contributed by atoms with Crippen LogP contribution in [0.4, 0.5) is 5.69 Å². The first-order valence-corrected chi connectivity index (χ1v) is 6.89. The van der Waals surface area contributed by atoms with Crippen LogP contribution in [0.15, 0.2) is 11.0 Å². The highest BCUT2D eigenvalue weighted by molar-refractivity contribution is 6.33. The van der Waals surface area contributed by atoms with Crippen LogP contribution in [0.3, 0.4) is 0 Å². The van der Waals surface area contributed by atoms with Gasteiger partial charge in [-0.25, -0.2) is 4.68 Å². The molecular formula is C13H20ClN3O. The Morgan fingerprint density at radius 1 is 1.50 bits per heavy atom. The largest absolute Gasteiger partial charge is 0.377 e. The van der Waals surface area contributed by atoms with Gasteiger partial charge in [-0.15, -0.1) is 0 Å². The third-order valence-electron chi connectivity index (χ3n) is 3.50. The van der Waals surface area contributed by atoms with E-state index in [9.17, 15) is 4.79 Å². The minimum Gasteiger partial charge on any atom is -0.377 e. The number of aromatic nitrogens is 2. The molecule has 0 saturated heterocycles. The number of hydrogen-bond acceptors (Lipinski definition) is 3. The molecule has 4 nitrogen and oxygen atoms in total. The monoisotopic (exact) mass is 269 g/mol. The molecule has 1 fully saturated rings. The summed E-state index contributed by atoms with van der Waals surface area (Å²) in [6, 6.07) is 0.201. The van der Waals surface area contributed by atoms with E-state index in [0.29, 0.717) is 29.1 Å². The topological polar surface area (TPSA) is 46.9 Å². The first-order valence-electron chi connectivity index (χ1n) is 6.51. The summed E-state index contributed by atoms with van der Waals surface area (Å²) >= 11 is 6.06. The van der Waals surface area contributed by atoms with Gasteiger partial charge in [-0.2, -0.15) is 5.10 Å². The van der Waals surface area contributed by atoms with Crippen molar-refractivity contribution in [3.8, 4) is 0 Å². The van der Waals surface area contributed by atoms with Crippen LogP contribution in [0.25, 0.3) is 0 Å². The summed E-state index contributed by atoms with van der Waals surface area (Å²) in [5.74, 6) is 1.05. The minimum absolute atomic E-state index is 0.109. The molecule has 1 atom stereocenters. The fourth-order valence-electron chi connectivity index (χ4n) is 1.67. The number of rotatable bonds is 5. The van der Waals surface area contributed by atoms with Gasteiger partial charge in [-0.3, -0.25) is 4.79 Å². The molecular weight excluding hydrogens is 250 g/mol. The van der Waals surface area contributed by atoms with Gasteiger partial charge in [0.1, 0.15) is 5.69 Å². The van der Waals surface area contributed by atoms with E-state index in [1.807, 2.05) is 6.92 Å². The number of anilines is 1. The molecule has 1 aliphatic rings. The van der Waals surface area contributed by atoms with Gasteiger partial charge in [0, 0.05) is 12.6 Å². The smallest absolute Gasteiger partial charge is 0.291 e. The van der Waals surface area contributed by atoms with Gasteiger partial charge in [0.25, 0.3) is 5.56 Å². The van der Waals surface area contributed by atoms with Gasteiger partial charge >= 0.3 is 0 Å². The van der Waals surface area contributed by atoms with Gasteiger partial charge in [0.2, 0.25) is 0 Å². The van der Waals surface area contributed by atoms with Gasteiger partial charge in [-0.05, 0) is 31.6 Å². The van der Waals surface area contributed by atoms with Crippen molar-refractivity contribution in [2.45, 2.75) is 46.2 Å². The van der Waals surface area contributed by atoms with E-state index in [0.717, 1.165) is 0 Å². The van der Waals surface area contributed by atoms with Gasteiger partial charge in [0.05, 0.1) is 11.2 Å². The second kappa shape index (κ2) is 5.31. The molecule has 1 N–H and O–H groups in total. The Morgan fingerprint density at radius 2 is 2.17 bits per heavy atom. The Labute approximate surface area is 112 Å². The first kappa shape index (κ1) is 13.4. The highest BCUT2D eigenvalue weighted by atomic mass is 35.5. The number of halogens is 1. The van der Waals surface area contributed by atoms with Crippen molar-refractivity contribution in [2.24, 2.45) is 11.8 Å². The lowest BCUT2D eigenvalue weighted by Gasteiger charge is -2.19. The zero-order chi connectivity index (χ0) is 13.3. The number of nitrogens with zero attached hydrogens (tertiary/aromatic N) is 2. The molecule has 0 aliphatic heterocycles. The third-order valence-corrected chi connectivity index (χ3v) is 3.78. The highest BCUT2D eigenvalue weighted by Crippen LogP contribution is 2.30. The van der Waals surface area contributed by atoms with E-state index < -0.39 is 0 Å². The molecule has 100 valence electrons. The van der Waals surface area contributed by atoms with Crippen molar-refractivity contribution in [3.05, 3.63) is 21.6 Å². The van der Waals surface area contributed by atoms with E-state index in [2.05, 4.69) is 24.3 Å². The van der Waals surface area contributed by atoms with Crippen LogP contribution in [0.1, 0.15) is 33.6 Å². The quantitative estimate of drug-likeness (QED) is 0.894. The summed E-state index contributed by atoms with van der Waals surface area (Å²) in [5.41, 5.74) is 0.371. The van der Waals surface area contributed by atoms with Crippen molar-refractivity contribution in [3.63, 3.8) is 0 Å². The lowest BCUT2D eigenvalue weighted by Crippen LogP contribution is -2.31. The maximum Gasteiger partial charge on any atom is 0.291 e. The molecule has 18 heavy (non-hydrogen) atoms. The zero-order valence-electron chi connectivity index (χ0n) is 11.1. The lowest BCUT2D eigenvalue weighted by molar-refractivity contribution is 0.528. The molecule has 1 aromatic rings. The van der Waals surface area contributed by atoms with Crippen molar-refractivity contribution in [2.75, 3.05) is 5.32 Å². The van der Waals surface area contributed by atoms with Crippen LogP contribution in [0.5, 0.6) is 0 Å². The summed E-state index contributed by atoms with van der Waals surface area (Å²) in [7, 11) is 0. The molecule has 0 bridgehead atoms. The Hall–Kier alpha value is -1.03. The second-order valence-corrected chi connectivity index (χ2v) is 5.88. The second-order valence-electron chi connectivity index (χ2n) is 5.48. The van der Waals surface area contributed by atoms with Crippen LogP contribution in [0, 0.1) is 11.8 Å². The molecule has 1 heterocycles. The molecule has 0 aromatic carbocycles. The Kier molecular flexibility index (Phi) is 3.95. The molecule has 1 aliphatic carbocycles. The van der Waals surface area contributed by atoms with Crippen LogP contribution in [0.2, 0.25) is 5.02 Å². The SMILES string of the molecule is CC(C)C(C)Nc1c(Cl)cnn(CC2CC2)c1=O. The molecule has 5 heteroatoms. The van der Waals surface area contributed by atoms with Crippen LogP contribution in [-0.4, -0.2) is 15.8 Å². The molecule has 1 aromatic heterocycles. The predicted molar refractivity (Wildman–Crippen MR) is 74.2 cm³/mol. The molecule has 1 unspecified atom stereocenters. The van der Waals surface area contributed by atoms with Crippen LogP contribution >= 0.6 is 11.6 Å². The van der Waals surface area contributed by atoms with Crippen molar-refractivity contribution in [1.82, 2.24) is 9.78 Å². The van der Waals surface area contributed by atoms with E-state index in [4.69, 9.17) is 11.6 Å². The highest BCUT2D eigenvalue weighted by Gasteiger charge is 2.24. The summed E-state index contributed by atoms with van der Waals surface area (Å²) in [5, 5.41) is 7.71. The number of hydrogen-bond donors (Lipinski definition) is 1. The van der Waals surface area contributed by atoms with Gasteiger partial charge in [0.15, 0.2) is 0 Å². The summed E-state index contributed by atoms with van der Waals surface area (Å²) in [6.07, 6.45) is 3.95. The summed E-state index contributed by atoms with van der Waals surface area (Å²) in [4.78, 5) is 12.3. The first-order chi connectivity index (χ1) is 8.49. The number of nitrogens with one attached hydrogen (secondary N) is 1. The van der Waals surface area contributed by atoms with Crippen molar-refractivity contribution < 1.29 is 0 Å². The fraction of sp³-hybridized carbons (Fsp3) is 0.692. The fourth-order valence-corrected chi connectivity index (χ4v) is 1.85. The molecule has 2 rings (SSSR count). The van der Waals surface area contributed by atoms with Crippen molar-refractivity contribution in [1.29, 1.82) is 0 Å². The van der Waals surface area contributed by atoms with E-state index in [1.54, 1.807) is 6.20 Å². The lowest BCUT2D eigenvalue weighted by atomic mass is 10.1. The predicted octanol–water partition coefficient (Wildman–Crippen LogP) is 2.76. The maximum atomic E-state index is 12.3. The Morgan fingerprint density at radius 3 is 2.72 bits per heavy atom. The standard InChI is InChI=1S/C13H20ClN3O/c1-8(2)9(3)16-12-11(14)6-15-17(13(12)18)7-10-4-5-10/h6,8-10,16H,4-5,7H2,1-3H3. The Bertz CT molecular complexity index is 480. The average Bonchev–Trinajstić information content (AvgIpc) is 3.11. The van der Waals surface area contributed by atoms with E-state index in [1.165, 1.54) is 17.5 Å². The van der Waals surface area contributed by atoms with Gasteiger partial charge in [-0.1, -0.05) is 25.4 Å².